The van der Waals surface area contributed by atoms with E-state index < -0.39 is 0 Å². The minimum Gasteiger partial charge on any atom is -0.370 e. The van der Waals surface area contributed by atoms with Crippen LogP contribution in [0.5, 0.6) is 0 Å². The molecule has 1 aromatic rings. The lowest BCUT2D eigenvalue weighted by atomic mass is 10.1. The second-order valence-electron chi connectivity index (χ2n) is 4.59. The smallest absolute Gasteiger partial charge is 0.125 e. The summed E-state index contributed by atoms with van der Waals surface area (Å²) in [5, 5.41) is 3.32. The number of hydrogen-bond acceptors (Lipinski definition) is 3. The number of rotatable bonds is 5. The van der Waals surface area contributed by atoms with Gasteiger partial charge in [-0.05, 0) is 36.7 Å². The van der Waals surface area contributed by atoms with E-state index in [-0.39, 0.29) is 5.82 Å². The Morgan fingerprint density at radius 1 is 1.28 bits per heavy atom. The summed E-state index contributed by atoms with van der Waals surface area (Å²) in [5.41, 5.74) is 2.07. The Labute approximate surface area is 113 Å². The van der Waals surface area contributed by atoms with E-state index in [0.29, 0.717) is 0 Å². The Morgan fingerprint density at radius 2 is 2.06 bits per heavy atom. The topological polar surface area (TPSA) is 15.3 Å². The highest BCUT2D eigenvalue weighted by molar-refractivity contribution is 7.99. The van der Waals surface area contributed by atoms with Crippen molar-refractivity contribution in [2.24, 2.45) is 0 Å². The van der Waals surface area contributed by atoms with Crippen LogP contribution in [-0.4, -0.2) is 31.1 Å². The fourth-order valence-corrected chi connectivity index (χ4v) is 3.05. The first-order valence-corrected chi connectivity index (χ1v) is 7.78. The monoisotopic (exact) mass is 268 g/mol. The van der Waals surface area contributed by atoms with Crippen LogP contribution in [0.15, 0.2) is 18.2 Å². The average Bonchev–Trinajstić information content (AvgIpc) is 2.39. The van der Waals surface area contributed by atoms with Crippen molar-refractivity contribution in [2.75, 3.05) is 36.0 Å². The van der Waals surface area contributed by atoms with Crippen LogP contribution < -0.4 is 10.2 Å². The molecular formula is C14H21FN2S. The third-order valence-corrected chi connectivity index (χ3v) is 4.02. The van der Waals surface area contributed by atoms with Gasteiger partial charge >= 0.3 is 0 Å². The van der Waals surface area contributed by atoms with E-state index in [1.165, 1.54) is 0 Å². The number of anilines is 1. The molecule has 0 saturated carbocycles. The van der Waals surface area contributed by atoms with Crippen molar-refractivity contribution in [2.45, 2.75) is 19.9 Å². The van der Waals surface area contributed by atoms with Gasteiger partial charge < -0.3 is 10.2 Å². The normalized spacial score (nSPS) is 16.0. The van der Waals surface area contributed by atoms with Gasteiger partial charge in [0, 0.05) is 36.8 Å². The number of thioether (sulfide) groups is 1. The highest BCUT2D eigenvalue weighted by Gasteiger charge is 2.12. The molecule has 0 aliphatic carbocycles. The SMILES string of the molecule is CCCNCc1cc(F)cc(N2CCSCC2)c1. The molecule has 1 heterocycles. The Morgan fingerprint density at radius 3 is 2.78 bits per heavy atom. The number of benzene rings is 1. The van der Waals surface area contributed by atoms with E-state index in [0.717, 1.165) is 55.4 Å². The molecule has 1 N–H and O–H groups in total. The Balaban J connectivity index is 2.05. The van der Waals surface area contributed by atoms with Crippen molar-refractivity contribution < 1.29 is 4.39 Å². The van der Waals surface area contributed by atoms with Crippen molar-refractivity contribution in [1.29, 1.82) is 0 Å². The van der Waals surface area contributed by atoms with Crippen molar-refractivity contribution in [3.05, 3.63) is 29.6 Å². The van der Waals surface area contributed by atoms with E-state index in [1.54, 1.807) is 12.1 Å². The molecule has 0 aromatic heterocycles. The zero-order chi connectivity index (χ0) is 12.8. The summed E-state index contributed by atoms with van der Waals surface area (Å²) < 4.78 is 13.6. The summed E-state index contributed by atoms with van der Waals surface area (Å²) in [6, 6.07) is 5.39. The first kappa shape index (κ1) is 13.7. The van der Waals surface area contributed by atoms with Crippen LogP contribution in [0.1, 0.15) is 18.9 Å². The molecule has 18 heavy (non-hydrogen) atoms. The molecule has 1 aromatic carbocycles. The summed E-state index contributed by atoms with van der Waals surface area (Å²) in [6.07, 6.45) is 1.10. The van der Waals surface area contributed by atoms with Crippen molar-refractivity contribution in [1.82, 2.24) is 5.32 Å². The molecule has 100 valence electrons. The van der Waals surface area contributed by atoms with Gasteiger partial charge in [-0.2, -0.15) is 11.8 Å². The molecular weight excluding hydrogens is 247 g/mol. The van der Waals surface area contributed by atoms with Crippen LogP contribution in [0.25, 0.3) is 0 Å². The van der Waals surface area contributed by atoms with Crippen LogP contribution in [0.3, 0.4) is 0 Å². The van der Waals surface area contributed by atoms with E-state index in [9.17, 15) is 4.39 Å². The second kappa shape index (κ2) is 7.00. The van der Waals surface area contributed by atoms with Gasteiger partial charge in [0.2, 0.25) is 0 Å². The summed E-state index contributed by atoms with van der Waals surface area (Å²) in [6.45, 7) is 5.91. The van der Waals surface area contributed by atoms with E-state index in [4.69, 9.17) is 0 Å². The zero-order valence-corrected chi connectivity index (χ0v) is 11.7. The van der Waals surface area contributed by atoms with E-state index in [2.05, 4.69) is 23.2 Å². The molecule has 0 amide bonds. The summed E-state index contributed by atoms with van der Waals surface area (Å²) in [4.78, 5) is 2.28. The summed E-state index contributed by atoms with van der Waals surface area (Å²) >= 11 is 1.97. The molecule has 1 fully saturated rings. The standard InChI is InChI=1S/C14H21FN2S/c1-2-3-16-11-12-8-13(15)10-14(9-12)17-4-6-18-7-5-17/h8-10,16H,2-7,11H2,1H3. The maximum Gasteiger partial charge on any atom is 0.125 e. The third-order valence-electron chi connectivity index (χ3n) is 3.07. The highest BCUT2D eigenvalue weighted by atomic mass is 32.2. The lowest BCUT2D eigenvalue weighted by Crippen LogP contribution is -2.32. The Hall–Kier alpha value is -0.740. The minimum absolute atomic E-state index is 0.126. The molecule has 0 atom stereocenters. The van der Waals surface area contributed by atoms with E-state index in [1.807, 2.05) is 11.8 Å². The van der Waals surface area contributed by atoms with Gasteiger partial charge in [-0.3, -0.25) is 0 Å². The zero-order valence-electron chi connectivity index (χ0n) is 10.9. The average molecular weight is 268 g/mol. The number of nitrogens with zero attached hydrogens (tertiary/aromatic N) is 1. The first-order valence-electron chi connectivity index (χ1n) is 6.62. The summed E-state index contributed by atoms with van der Waals surface area (Å²) in [5.74, 6) is 2.15. The van der Waals surface area contributed by atoms with Gasteiger partial charge in [0.15, 0.2) is 0 Å². The van der Waals surface area contributed by atoms with Crippen molar-refractivity contribution in [3.63, 3.8) is 0 Å². The van der Waals surface area contributed by atoms with Crippen molar-refractivity contribution >= 4 is 17.4 Å². The summed E-state index contributed by atoms with van der Waals surface area (Å²) in [7, 11) is 0. The maximum absolute atomic E-state index is 13.6. The molecule has 2 rings (SSSR count). The Bertz CT molecular complexity index is 378. The molecule has 0 spiro atoms. The minimum atomic E-state index is -0.126. The second-order valence-corrected chi connectivity index (χ2v) is 5.82. The van der Waals surface area contributed by atoms with Gasteiger partial charge in [-0.15, -0.1) is 0 Å². The predicted molar refractivity (Wildman–Crippen MR) is 77.9 cm³/mol. The fraction of sp³-hybridized carbons (Fsp3) is 0.571. The van der Waals surface area contributed by atoms with Crippen LogP contribution >= 0.6 is 11.8 Å². The van der Waals surface area contributed by atoms with Crippen LogP contribution in [0.2, 0.25) is 0 Å². The molecule has 0 unspecified atom stereocenters. The fourth-order valence-electron chi connectivity index (χ4n) is 2.15. The Kier molecular flexibility index (Phi) is 5.32. The highest BCUT2D eigenvalue weighted by Crippen LogP contribution is 2.22. The van der Waals surface area contributed by atoms with Crippen LogP contribution in [-0.2, 0) is 6.54 Å². The van der Waals surface area contributed by atoms with Crippen LogP contribution in [0, 0.1) is 5.82 Å². The largest absolute Gasteiger partial charge is 0.370 e. The van der Waals surface area contributed by atoms with Crippen LogP contribution in [0.4, 0.5) is 10.1 Å². The number of halogens is 1. The van der Waals surface area contributed by atoms with Gasteiger partial charge in [-0.25, -0.2) is 4.39 Å². The quantitative estimate of drug-likeness (QED) is 0.827. The predicted octanol–water partition coefficient (Wildman–Crippen LogP) is 2.88. The molecule has 0 radical (unpaired) electrons. The van der Waals surface area contributed by atoms with Gasteiger partial charge in [-0.1, -0.05) is 6.92 Å². The van der Waals surface area contributed by atoms with Crippen molar-refractivity contribution in [3.8, 4) is 0 Å². The van der Waals surface area contributed by atoms with Gasteiger partial charge in [0.1, 0.15) is 5.82 Å². The lowest BCUT2D eigenvalue weighted by Gasteiger charge is -2.29. The molecule has 1 saturated heterocycles. The molecule has 4 heteroatoms. The maximum atomic E-state index is 13.6. The number of hydrogen-bond donors (Lipinski definition) is 1. The molecule has 0 bridgehead atoms. The lowest BCUT2D eigenvalue weighted by molar-refractivity contribution is 0.618. The third kappa shape index (κ3) is 3.89. The first-order chi connectivity index (χ1) is 8.79. The molecule has 2 nitrogen and oxygen atoms in total. The number of nitrogens with one attached hydrogen (secondary N) is 1. The molecule has 1 aliphatic heterocycles. The van der Waals surface area contributed by atoms with Gasteiger partial charge in [0.25, 0.3) is 0 Å². The van der Waals surface area contributed by atoms with E-state index >= 15 is 0 Å². The molecule has 1 aliphatic rings. The van der Waals surface area contributed by atoms with Gasteiger partial charge in [0.05, 0.1) is 0 Å².